The Balaban J connectivity index is 2.84. The van der Waals surface area contributed by atoms with Crippen molar-refractivity contribution in [2.75, 3.05) is 32.1 Å². The van der Waals surface area contributed by atoms with Gasteiger partial charge in [0.2, 0.25) is 0 Å². The maximum atomic E-state index is 8.60. The van der Waals surface area contributed by atoms with Crippen LogP contribution in [0.15, 0.2) is 29.3 Å². The van der Waals surface area contributed by atoms with E-state index in [1.54, 1.807) is 6.21 Å². The van der Waals surface area contributed by atoms with Gasteiger partial charge in [-0.3, -0.25) is 4.99 Å². The van der Waals surface area contributed by atoms with Gasteiger partial charge in [-0.15, -0.1) is 0 Å². The van der Waals surface area contributed by atoms with Crippen LogP contribution in [0.2, 0.25) is 0 Å². The Bertz CT molecular complexity index is 308. The molecular formula is C11H16N2O. The van der Waals surface area contributed by atoms with Crippen LogP contribution in [0.5, 0.6) is 0 Å². The van der Waals surface area contributed by atoms with Crippen LogP contribution in [-0.4, -0.2) is 38.6 Å². The average Bonchev–Trinajstić information content (AvgIpc) is 2.19. The Labute approximate surface area is 84.7 Å². The fourth-order valence-corrected chi connectivity index (χ4v) is 1.22. The molecule has 0 bridgehead atoms. The van der Waals surface area contributed by atoms with Gasteiger partial charge in [-0.1, -0.05) is 18.2 Å². The predicted molar refractivity (Wildman–Crippen MR) is 60.3 cm³/mol. The smallest absolute Gasteiger partial charge is 0.0626 e. The Morgan fingerprint density at radius 2 is 2.07 bits per heavy atom. The second kappa shape index (κ2) is 5.40. The van der Waals surface area contributed by atoms with E-state index in [1.807, 2.05) is 43.3 Å². The molecule has 1 N–H and O–H groups in total. The van der Waals surface area contributed by atoms with E-state index >= 15 is 0 Å². The summed E-state index contributed by atoms with van der Waals surface area (Å²) in [6.07, 6.45) is 1.80. The number of rotatable bonds is 4. The molecule has 76 valence electrons. The van der Waals surface area contributed by atoms with Gasteiger partial charge in [0.05, 0.1) is 13.2 Å². The molecule has 3 nitrogen and oxygen atoms in total. The topological polar surface area (TPSA) is 35.8 Å². The molecule has 1 rings (SSSR count). The number of para-hydroxylation sites is 1. The summed E-state index contributed by atoms with van der Waals surface area (Å²) in [6.45, 7) is 0.558. The Hall–Kier alpha value is -1.35. The molecule has 0 saturated heterocycles. The molecule has 14 heavy (non-hydrogen) atoms. The van der Waals surface area contributed by atoms with E-state index in [0.29, 0.717) is 6.54 Å². The van der Waals surface area contributed by atoms with Crippen molar-refractivity contribution in [1.82, 2.24) is 0 Å². The molecule has 0 unspecified atom stereocenters. The van der Waals surface area contributed by atoms with Crippen molar-refractivity contribution < 1.29 is 5.11 Å². The van der Waals surface area contributed by atoms with Crippen LogP contribution in [0.1, 0.15) is 5.56 Å². The molecule has 1 aromatic rings. The number of aliphatic hydroxyl groups excluding tert-OH is 1. The fourth-order valence-electron chi connectivity index (χ4n) is 1.22. The maximum Gasteiger partial charge on any atom is 0.0626 e. The third-order valence-corrected chi connectivity index (χ3v) is 1.88. The van der Waals surface area contributed by atoms with Gasteiger partial charge in [-0.05, 0) is 6.07 Å². The highest BCUT2D eigenvalue weighted by Crippen LogP contribution is 2.15. The highest BCUT2D eigenvalue weighted by atomic mass is 16.3. The van der Waals surface area contributed by atoms with Crippen molar-refractivity contribution in [3.05, 3.63) is 29.8 Å². The molecule has 0 aliphatic carbocycles. The van der Waals surface area contributed by atoms with Gasteiger partial charge < -0.3 is 10.0 Å². The van der Waals surface area contributed by atoms with Crippen molar-refractivity contribution in [2.24, 2.45) is 4.99 Å². The zero-order chi connectivity index (χ0) is 10.4. The number of hydrogen-bond donors (Lipinski definition) is 1. The van der Waals surface area contributed by atoms with Gasteiger partial charge in [-0.2, -0.15) is 0 Å². The van der Waals surface area contributed by atoms with E-state index in [0.717, 1.165) is 11.3 Å². The molecule has 0 aliphatic rings. The van der Waals surface area contributed by atoms with Crippen LogP contribution in [-0.2, 0) is 0 Å². The normalized spacial score (nSPS) is 10.8. The number of aliphatic imine (C=N–C) groups is 1. The highest BCUT2D eigenvalue weighted by Gasteiger charge is 1.99. The molecule has 0 amide bonds. The van der Waals surface area contributed by atoms with E-state index in [-0.39, 0.29) is 6.61 Å². The molecule has 0 saturated carbocycles. The number of anilines is 1. The third kappa shape index (κ3) is 2.85. The first-order valence-corrected chi connectivity index (χ1v) is 4.62. The van der Waals surface area contributed by atoms with Crippen molar-refractivity contribution in [3.63, 3.8) is 0 Å². The summed E-state index contributed by atoms with van der Waals surface area (Å²) >= 11 is 0. The second-order valence-corrected chi connectivity index (χ2v) is 3.21. The van der Waals surface area contributed by atoms with E-state index in [1.165, 1.54) is 0 Å². The number of aliphatic hydroxyl groups is 1. The van der Waals surface area contributed by atoms with Gasteiger partial charge in [0.1, 0.15) is 0 Å². The van der Waals surface area contributed by atoms with Crippen LogP contribution in [0.25, 0.3) is 0 Å². The standard InChI is InChI=1S/C11H16N2O/c1-13(2)11-6-4-3-5-10(11)9-12-7-8-14/h3-6,9,14H,7-8H2,1-2H3. The second-order valence-electron chi connectivity index (χ2n) is 3.21. The fraction of sp³-hybridized carbons (Fsp3) is 0.364. The van der Waals surface area contributed by atoms with E-state index in [4.69, 9.17) is 5.11 Å². The Morgan fingerprint density at radius 3 is 2.71 bits per heavy atom. The first kappa shape index (κ1) is 10.7. The van der Waals surface area contributed by atoms with Gasteiger partial charge in [0.15, 0.2) is 0 Å². The lowest BCUT2D eigenvalue weighted by Gasteiger charge is -2.14. The van der Waals surface area contributed by atoms with Gasteiger partial charge in [0.25, 0.3) is 0 Å². The third-order valence-electron chi connectivity index (χ3n) is 1.88. The van der Waals surface area contributed by atoms with Gasteiger partial charge in [-0.25, -0.2) is 0 Å². The molecule has 0 atom stereocenters. The summed E-state index contributed by atoms with van der Waals surface area (Å²) in [5.74, 6) is 0. The van der Waals surface area contributed by atoms with Crippen molar-refractivity contribution in [1.29, 1.82) is 0 Å². The van der Waals surface area contributed by atoms with E-state index in [9.17, 15) is 0 Å². The van der Waals surface area contributed by atoms with Gasteiger partial charge >= 0.3 is 0 Å². The molecule has 0 aliphatic heterocycles. The molecular weight excluding hydrogens is 176 g/mol. The van der Waals surface area contributed by atoms with Gasteiger partial charge in [0, 0.05) is 31.6 Å². The van der Waals surface area contributed by atoms with Crippen LogP contribution in [0, 0.1) is 0 Å². The summed E-state index contributed by atoms with van der Waals surface area (Å²) < 4.78 is 0. The SMILES string of the molecule is CN(C)c1ccccc1C=NCCO. The molecule has 1 aromatic carbocycles. The van der Waals surface area contributed by atoms with Crippen LogP contribution in [0.3, 0.4) is 0 Å². The minimum absolute atomic E-state index is 0.0978. The zero-order valence-electron chi connectivity index (χ0n) is 8.64. The minimum atomic E-state index is 0.0978. The van der Waals surface area contributed by atoms with E-state index < -0.39 is 0 Å². The molecule has 3 heteroatoms. The van der Waals surface area contributed by atoms with Crippen molar-refractivity contribution in [2.45, 2.75) is 0 Å². The Morgan fingerprint density at radius 1 is 1.36 bits per heavy atom. The van der Waals surface area contributed by atoms with Crippen LogP contribution < -0.4 is 4.90 Å². The number of nitrogens with zero attached hydrogens (tertiary/aromatic N) is 2. The summed E-state index contributed by atoms with van der Waals surface area (Å²) in [4.78, 5) is 6.14. The molecule has 0 fully saturated rings. The first-order chi connectivity index (χ1) is 6.75. The first-order valence-electron chi connectivity index (χ1n) is 4.62. The average molecular weight is 192 g/mol. The van der Waals surface area contributed by atoms with E-state index in [2.05, 4.69) is 4.99 Å². The lowest BCUT2D eigenvalue weighted by Crippen LogP contribution is -2.10. The molecule has 0 spiro atoms. The quantitative estimate of drug-likeness (QED) is 0.727. The van der Waals surface area contributed by atoms with Crippen LogP contribution in [0.4, 0.5) is 5.69 Å². The lowest BCUT2D eigenvalue weighted by molar-refractivity contribution is 0.307. The van der Waals surface area contributed by atoms with Crippen molar-refractivity contribution in [3.8, 4) is 0 Å². The lowest BCUT2D eigenvalue weighted by atomic mass is 10.2. The zero-order valence-corrected chi connectivity index (χ0v) is 8.64. The summed E-state index contributed by atoms with van der Waals surface area (Å²) in [5.41, 5.74) is 2.21. The minimum Gasteiger partial charge on any atom is -0.394 e. The summed E-state index contributed by atoms with van der Waals surface area (Å²) in [5, 5.41) is 8.60. The molecule has 0 aromatic heterocycles. The summed E-state index contributed by atoms with van der Waals surface area (Å²) in [7, 11) is 4.00. The largest absolute Gasteiger partial charge is 0.394 e. The molecule has 0 heterocycles. The number of benzene rings is 1. The van der Waals surface area contributed by atoms with Crippen molar-refractivity contribution >= 4 is 11.9 Å². The number of hydrogen-bond acceptors (Lipinski definition) is 3. The predicted octanol–water partition coefficient (Wildman–Crippen LogP) is 1.16. The molecule has 0 radical (unpaired) electrons. The monoisotopic (exact) mass is 192 g/mol. The maximum absolute atomic E-state index is 8.60. The summed E-state index contributed by atoms with van der Waals surface area (Å²) in [6, 6.07) is 8.03. The van der Waals surface area contributed by atoms with Crippen LogP contribution >= 0.6 is 0 Å². The highest BCUT2D eigenvalue weighted by molar-refractivity contribution is 5.87. The Kier molecular flexibility index (Phi) is 4.13.